The van der Waals surface area contributed by atoms with Crippen molar-refractivity contribution in [2.45, 2.75) is 88.2 Å². The van der Waals surface area contributed by atoms with Crippen molar-refractivity contribution >= 4 is 30.3 Å². The molecule has 5 fully saturated rings. The maximum Gasteiger partial charge on any atom is 0.309 e. The van der Waals surface area contributed by atoms with Gasteiger partial charge in [0.05, 0.1) is 22.3 Å². The first-order chi connectivity index (χ1) is 16.1. The van der Waals surface area contributed by atoms with Crippen LogP contribution in [0.1, 0.15) is 81.3 Å². The standard InChI is InChI=1S/C26H37N3O4S/c1-3-4-19-18(11-20(34)22(27-19)29-7-5-25(2,6-8-29)24(31)32)23(30)28-21-16-9-15-10-17(21)14-26(33,12-15)13-16/h11,15-17,21,33-34H,3-10,12-14H2,1-2H3,(H,28,30)(H,31,32). The number of pyridine rings is 1. The van der Waals surface area contributed by atoms with Gasteiger partial charge in [0.2, 0.25) is 0 Å². The molecule has 0 spiro atoms. The molecule has 1 saturated heterocycles. The molecule has 5 aliphatic rings. The lowest BCUT2D eigenvalue weighted by atomic mass is 9.52. The summed E-state index contributed by atoms with van der Waals surface area (Å²) in [5.74, 6) is 1.22. The fraction of sp³-hybridized carbons (Fsp3) is 0.731. The topological polar surface area (TPSA) is 103 Å². The number of carboxylic acid groups (broad SMARTS) is 1. The van der Waals surface area contributed by atoms with Gasteiger partial charge in [-0.25, -0.2) is 4.98 Å². The van der Waals surface area contributed by atoms with Gasteiger partial charge >= 0.3 is 5.97 Å². The molecule has 1 aliphatic heterocycles. The van der Waals surface area contributed by atoms with Crippen LogP contribution in [0, 0.1) is 23.2 Å². The van der Waals surface area contributed by atoms with Crippen LogP contribution >= 0.6 is 12.6 Å². The number of thiol groups is 1. The monoisotopic (exact) mass is 487 g/mol. The Morgan fingerprint density at radius 1 is 1.21 bits per heavy atom. The number of nitrogens with zero attached hydrogens (tertiary/aromatic N) is 2. The van der Waals surface area contributed by atoms with E-state index in [0.717, 1.165) is 50.0 Å². The van der Waals surface area contributed by atoms with Gasteiger partial charge in [-0.3, -0.25) is 9.59 Å². The second kappa shape index (κ2) is 8.70. The van der Waals surface area contributed by atoms with Crippen LogP contribution in [-0.2, 0) is 11.2 Å². The molecule has 2 heterocycles. The van der Waals surface area contributed by atoms with Gasteiger partial charge in [0.15, 0.2) is 0 Å². The molecule has 0 aromatic carbocycles. The molecule has 34 heavy (non-hydrogen) atoms. The third-order valence-corrected chi connectivity index (χ3v) is 9.34. The average Bonchev–Trinajstić information content (AvgIpc) is 2.76. The van der Waals surface area contributed by atoms with Crippen molar-refractivity contribution < 1.29 is 19.8 Å². The van der Waals surface area contributed by atoms with E-state index >= 15 is 0 Å². The number of anilines is 1. The number of aromatic nitrogens is 1. The number of carbonyl (C=O) groups is 2. The number of hydrogen-bond donors (Lipinski definition) is 4. The molecule has 0 radical (unpaired) electrons. The van der Waals surface area contributed by atoms with Crippen LogP contribution in [0.4, 0.5) is 5.82 Å². The number of aliphatic carboxylic acids is 1. The lowest BCUT2D eigenvalue weighted by molar-refractivity contribution is -0.149. The van der Waals surface area contributed by atoms with E-state index in [1.54, 1.807) is 6.92 Å². The summed E-state index contributed by atoms with van der Waals surface area (Å²) in [4.78, 5) is 32.8. The Hall–Kier alpha value is -1.80. The molecule has 4 bridgehead atoms. The molecule has 4 saturated carbocycles. The minimum absolute atomic E-state index is 0.0839. The number of carboxylic acids is 1. The number of carbonyl (C=O) groups excluding carboxylic acids is 1. The molecule has 2 atom stereocenters. The molecule has 186 valence electrons. The summed E-state index contributed by atoms with van der Waals surface area (Å²) in [6, 6.07) is 1.97. The molecule has 1 aromatic rings. The van der Waals surface area contributed by atoms with E-state index in [2.05, 4.69) is 17.1 Å². The van der Waals surface area contributed by atoms with Gasteiger partial charge < -0.3 is 20.4 Å². The number of aliphatic hydroxyl groups is 1. The van der Waals surface area contributed by atoms with E-state index < -0.39 is 17.0 Å². The van der Waals surface area contributed by atoms with Gasteiger partial charge in [-0.1, -0.05) is 13.3 Å². The summed E-state index contributed by atoms with van der Waals surface area (Å²) in [5, 5.41) is 23.7. The van der Waals surface area contributed by atoms with Gasteiger partial charge in [0.25, 0.3) is 5.91 Å². The third-order valence-electron chi connectivity index (χ3n) is 9.01. The highest BCUT2D eigenvalue weighted by Crippen LogP contribution is 2.55. The van der Waals surface area contributed by atoms with Crippen molar-refractivity contribution in [1.29, 1.82) is 0 Å². The van der Waals surface area contributed by atoms with Crippen molar-refractivity contribution in [3.63, 3.8) is 0 Å². The Morgan fingerprint density at radius 3 is 2.41 bits per heavy atom. The fourth-order valence-corrected chi connectivity index (χ4v) is 7.58. The van der Waals surface area contributed by atoms with E-state index in [1.165, 1.54) is 0 Å². The van der Waals surface area contributed by atoms with Gasteiger partial charge in [0, 0.05) is 24.0 Å². The van der Waals surface area contributed by atoms with E-state index in [9.17, 15) is 19.8 Å². The van der Waals surface area contributed by atoms with E-state index in [-0.39, 0.29) is 11.9 Å². The molecular weight excluding hydrogens is 450 g/mol. The zero-order valence-corrected chi connectivity index (χ0v) is 21.1. The first kappa shape index (κ1) is 23.9. The Kier molecular flexibility index (Phi) is 6.12. The highest BCUT2D eigenvalue weighted by molar-refractivity contribution is 7.80. The number of amides is 1. The minimum Gasteiger partial charge on any atom is -0.481 e. The first-order valence-corrected chi connectivity index (χ1v) is 13.3. The van der Waals surface area contributed by atoms with E-state index in [0.29, 0.717) is 60.6 Å². The SMILES string of the molecule is CCCc1nc(N2CCC(C)(C(=O)O)CC2)c(S)cc1C(=O)NC1C2CC3CC1CC(O)(C3)C2. The number of hydrogen-bond acceptors (Lipinski definition) is 6. The second-order valence-electron chi connectivity index (χ2n) is 11.6. The number of piperidine rings is 1. The average molecular weight is 488 g/mol. The molecular formula is C26H37N3O4S. The molecule has 7 nitrogen and oxygen atoms in total. The number of rotatable bonds is 6. The van der Waals surface area contributed by atoms with Crippen molar-refractivity contribution in [3.05, 3.63) is 17.3 Å². The summed E-state index contributed by atoms with van der Waals surface area (Å²) in [7, 11) is 0. The van der Waals surface area contributed by atoms with Gasteiger partial charge in [-0.2, -0.15) is 0 Å². The predicted molar refractivity (Wildman–Crippen MR) is 132 cm³/mol. The van der Waals surface area contributed by atoms with Gasteiger partial charge in [-0.05, 0) is 82.1 Å². The summed E-state index contributed by atoms with van der Waals surface area (Å²) < 4.78 is 0. The highest BCUT2D eigenvalue weighted by Gasteiger charge is 2.55. The van der Waals surface area contributed by atoms with E-state index in [1.807, 2.05) is 6.07 Å². The van der Waals surface area contributed by atoms with Crippen LogP contribution in [0.15, 0.2) is 11.0 Å². The Morgan fingerprint density at radius 2 is 1.85 bits per heavy atom. The predicted octanol–water partition coefficient (Wildman–Crippen LogP) is 3.68. The summed E-state index contributed by atoms with van der Waals surface area (Å²) in [6.07, 6.45) is 7.41. The van der Waals surface area contributed by atoms with Crippen LogP contribution in [-0.4, -0.2) is 51.8 Å². The molecule has 1 amide bonds. The van der Waals surface area contributed by atoms with Crippen molar-refractivity contribution in [2.75, 3.05) is 18.0 Å². The molecule has 3 N–H and O–H groups in total. The molecule has 6 rings (SSSR count). The molecule has 1 aromatic heterocycles. The summed E-state index contributed by atoms with van der Waals surface area (Å²) >= 11 is 4.70. The van der Waals surface area contributed by atoms with Crippen LogP contribution in [0.25, 0.3) is 0 Å². The third kappa shape index (κ3) is 4.21. The maximum absolute atomic E-state index is 13.5. The van der Waals surface area contributed by atoms with Crippen LogP contribution < -0.4 is 10.2 Å². The highest BCUT2D eigenvalue weighted by atomic mass is 32.1. The van der Waals surface area contributed by atoms with Crippen LogP contribution in [0.3, 0.4) is 0 Å². The van der Waals surface area contributed by atoms with Crippen molar-refractivity contribution in [2.24, 2.45) is 23.2 Å². The van der Waals surface area contributed by atoms with Crippen molar-refractivity contribution in [1.82, 2.24) is 10.3 Å². The normalized spacial score (nSPS) is 33.7. The smallest absolute Gasteiger partial charge is 0.309 e. The van der Waals surface area contributed by atoms with E-state index in [4.69, 9.17) is 17.6 Å². The number of nitrogens with one attached hydrogen (secondary N) is 1. The lowest BCUT2D eigenvalue weighted by Gasteiger charge is -2.58. The summed E-state index contributed by atoms with van der Waals surface area (Å²) in [5.41, 5.74) is 0.153. The fourth-order valence-electron chi connectivity index (χ4n) is 7.26. The Labute approximate surface area is 207 Å². The number of aryl methyl sites for hydroxylation is 1. The van der Waals surface area contributed by atoms with Crippen LogP contribution in [0.5, 0.6) is 0 Å². The zero-order chi connectivity index (χ0) is 24.3. The maximum atomic E-state index is 13.5. The van der Waals surface area contributed by atoms with Gasteiger partial charge in [0.1, 0.15) is 5.82 Å². The molecule has 4 aliphatic carbocycles. The largest absolute Gasteiger partial charge is 0.481 e. The molecule has 2 unspecified atom stereocenters. The van der Waals surface area contributed by atoms with Crippen LogP contribution in [0.2, 0.25) is 0 Å². The summed E-state index contributed by atoms with van der Waals surface area (Å²) in [6.45, 7) is 5.10. The van der Waals surface area contributed by atoms with Crippen molar-refractivity contribution in [3.8, 4) is 0 Å². The first-order valence-electron chi connectivity index (χ1n) is 12.9. The Bertz CT molecular complexity index is 975. The van der Waals surface area contributed by atoms with Gasteiger partial charge in [-0.15, -0.1) is 12.6 Å². The zero-order valence-electron chi connectivity index (χ0n) is 20.2. The minimum atomic E-state index is -0.748. The Balaban J connectivity index is 1.35. The second-order valence-corrected chi connectivity index (χ2v) is 12.1. The quantitative estimate of drug-likeness (QED) is 0.457. The molecule has 8 heteroatoms. The lowest BCUT2D eigenvalue weighted by Crippen LogP contribution is -2.61.